The zero-order chi connectivity index (χ0) is 20.7. The number of hydrogen-bond acceptors (Lipinski definition) is 3. The molecule has 0 amide bonds. The Morgan fingerprint density at radius 2 is 1.83 bits per heavy atom. The highest BCUT2D eigenvalue weighted by molar-refractivity contribution is 6.36. The summed E-state index contributed by atoms with van der Waals surface area (Å²) in [6, 6.07) is 11.4. The summed E-state index contributed by atoms with van der Waals surface area (Å²) in [4.78, 5) is 25.1. The Bertz CT molecular complexity index is 1040. The molecule has 0 unspecified atom stereocenters. The molecule has 0 saturated heterocycles. The number of carbonyl (C=O) groups excluding carboxylic acids is 2. The van der Waals surface area contributed by atoms with Crippen LogP contribution in [0.4, 0.5) is 0 Å². The molecule has 0 radical (unpaired) electrons. The summed E-state index contributed by atoms with van der Waals surface area (Å²) in [6.45, 7) is 3.45. The minimum absolute atomic E-state index is 0.0155. The lowest BCUT2D eigenvalue weighted by atomic mass is 9.81. The van der Waals surface area contributed by atoms with Crippen molar-refractivity contribution in [2.75, 3.05) is 0 Å². The first-order chi connectivity index (χ1) is 13.9. The van der Waals surface area contributed by atoms with Crippen LogP contribution in [0.15, 0.2) is 42.2 Å². The molecule has 4 rings (SSSR count). The molecular formula is C24H22Cl2O3. The number of Topliss-reactive ketones (excluding diaryl/α,β-unsaturated/α-hetero) is 1. The average molecular weight is 429 g/mol. The van der Waals surface area contributed by atoms with E-state index in [0.29, 0.717) is 21.4 Å². The number of carbonyl (C=O) groups is 2. The second-order valence-corrected chi connectivity index (χ2v) is 8.60. The average Bonchev–Trinajstić information content (AvgIpc) is 3.12. The third kappa shape index (κ3) is 3.74. The van der Waals surface area contributed by atoms with Crippen molar-refractivity contribution in [1.82, 2.24) is 0 Å². The Hall–Kier alpha value is -2.10. The number of benzene rings is 2. The SMILES string of the molecule is CCc1ccc(-c2ccc(Cl)cc2Cl)cc1C1=C(OC(C)=O)[C@@H]2CC[C@@H](C2)C1=O. The van der Waals surface area contributed by atoms with Gasteiger partial charge in [-0.25, -0.2) is 0 Å². The van der Waals surface area contributed by atoms with E-state index in [1.54, 1.807) is 12.1 Å². The molecule has 2 aromatic carbocycles. The van der Waals surface area contributed by atoms with Crippen LogP contribution in [0.1, 0.15) is 44.2 Å². The first-order valence-corrected chi connectivity index (χ1v) is 10.7. The Morgan fingerprint density at radius 1 is 1.07 bits per heavy atom. The predicted octanol–water partition coefficient (Wildman–Crippen LogP) is 6.50. The van der Waals surface area contributed by atoms with Crippen LogP contribution >= 0.6 is 23.2 Å². The van der Waals surface area contributed by atoms with Crippen molar-refractivity contribution in [2.45, 2.75) is 39.5 Å². The van der Waals surface area contributed by atoms with Crippen molar-refractivity contribution >= 4 is 40.5 Å². The van der Waals surface area contributed by atoms with Crippen LogP contribution in [-0.4, -0.2) is 11.8 Å². The van der Waals surface area contributed by atoms with E-state index in [1.165, 1.54) is 6.92 Å². The number of fused-ring (bicyclic) bond motifs is 2. The van der Waals surface area contributed by atoms with Gasteiger partial charge >= 0.3 is 5.97 Å². The number of halogens is 2. The fraction of sp³-hybridized carbons (Fsp3) is 0.333. The third-order valence-corrected chi connectivity index (χ3v) is 6.47. The minimum atomic E-state index is -0.384. The van der Waals surface area contributed by atoms with Crippen LogP contribution in [0.3, 0.4) is 0 Å². The molecule has 2 atom stereocenters. The van der Waals surface area contributed by atoms with Gasteiger partial charge in [-0.15, -0.1) is 0 Å². The van der Waals surface area contributed by atoms with E-state index in [0.717, 1.165) is 47.9 Å². The summed E-state index contributed by atoms with van der Waals surface area (Å²) in [7, 11) is 0. The van der Waals surface area contributed by atoms with Gasteiger partial charge in [0.1, 0.15) is 5.76 Å². The molecular weight excluding hydrogens is 407 g/mol. The summed E-state index contributed by atoms with van der Waals surface area (Å²) in [5.74, 6) is 0.394. The number of ketones is 1. The lowest BCUT2D eigenvalue weighted by molar-refractivity contribution is -0.137. The molecule has 2 aromatic rings. The van der Waals surface area contributed by atoms with Crippen LogP contribution in [-0.2, 0) is 20.7 Å². The fourth-order valence-electron chi connectivity index (χ4n) is 4.55. The Labute approximate surface area is 180 Å². The molecule has 0 aliphatic heterocycles. The van der Waals surface area contributed by atoms with Crippen molar-refractivity contribution in [1.29, 1.82) is 0 Å². The molecule has 2 aliphatic carbocycles. The summed E-state index contributed by atoms with van der Waals surface area (Å²) in [5, 5.41) is 1.12. The maximum Gasteiger partial charge on any atom is 0.307 e. The van der Waals surface area contributed by atoms with E-state index in [9.17, 15) is 9.59 Å². The minimum Gasteiger partial charge on any atom is -0.430 e. The first-order valence-electron chi connectivity index (χ1n) is 9.94. The van der Waals surface area contributed by atoms with Crippen LogP contribution in [0, 0.1) is 11.8 Å². The maximum atomic E-state index is 13.3. The quantitative estimate of drug-likeness (QED) is 0.522. The molecule has 1 saturated carbocycles. The second-order valence-electron chi connectivity index (χ2n) is 7.75. The normalized spacial score (nSPS) is 20.9. The van der Waals surface area contributed by atoms with E-state index in [1.807, 2.05) is 24.3 Å². The predicted molar refractivity (Wildman–Crippen MR) is 116 cm³/mol. The van der Waals surface area contributed by atoms with Gasteiger partial charge in [0, 0.05) is 34.4 Å². The smallest absolute Gasteiger partial charge is 0.307 e. The van der Waals surface area contributed by atoms with Crippen LogP contribution in [0.2, 0.25) is 10.0 Å². The fourth-order valence-corrected chi connectivity index (χ4v) is 5.07. The van der Waals surface area contributed by atoms with E-state index in [2.05, 4.69) is 6.92 Å². The van der Waals surface area contributed by atoms with Crippen molar-refractivity contribution in [3.63, 3.8) is 0 Å². The first kappa shape index (κ1) is 20.2. The Kier molecular flexibility index (Phi) is 5.54. The van der Waals surface area contributed by atoms with Crippen molar-refractivity contribution in [2.24, 2.45) is 11.8 Å². The summed E-state index contributed by atoms with van der Waals surface area (Å²) >= 11 is 12.5. The molecule has 5 heteroatoms. The van der Waals surface area contributed by atoms with Gasteiger partial charge in [-0.1, -0.05) is 48.3 Å². The van der Waals surface area contributed by atoms with Crippen LogP contribution in [0.25, 0.3) is 16.7 Å². The highest BCUT2D eigenvalue weighted by atomic mass is 35.5. The number of hydrogen-bond donors (Lipinski definition) is 0. The lowest BCUT2D eigenvalue weighted by Gasteiger charge is -2.26. The molecule has 150 valence electrons. The molecule has 0 N–H and O–H groups in total. The highest BCUT2D eigenvalue weighted by Crippen LogP contribution is 2.48. The van der Waals surface area contributed by atoms with Crippen molar-refractivity contribution in [3.8, 4) is 11.1 Å². The van der Waals surface area contributed by atoms with Gasteiger partial charge in [0.2, 0.25) is 0 Å². The van der Waals surface area contributed by atoms with Gasteiger partial charge in [-0.3, -0.25) is 9.59 Å². The summed E-state index contributed by atoms with van der Waals surface area (Å²) in [6.07, 6.45) is 3.27. The van der Waals surface area contributed by atoms with Gasteiger partial charge in [-0.05, 0) is 60.6 Å². The lowest BCUT2D eigenvalue weighted by Crippen LogP contribution is -2.24. The number of aryl methyl sites for hydroxylation is 1. The summed E-state index contributed by atoms with van der Waals surface area (Å²) < 4.78 is 5.62. The molecule has 2 aliphatic rings. The number of ether oxygens (including phenoxy) is 1. The van der Waals surface area contributed by atoms with E-state index in [-0.39, 0.29) is 23.6 Å². The second kappa shape index (κ2) is 7.97. The van der Waals surface area contributed by atoms with Crippen molar-refractivity contribution < 1.29 is 14.3 Å². The number of allylic oxidation sites excluding steroid dienone is 2. The molecule has 29 heavy (non-hydrogen) atoms. The monoisotopic (exact) mass is 428 g/mol. The maximum absolute atomic E-state index is 13.3. The highest BCUT2D eigenvalue weighted by Gasteiger charge is 2.43. The van der Waals surface area contributed by atoms with Crippen molar-refractivity contribution in [3.05, 3.63) is 63.3 Å². The Balaban J connectivity index is 1.92. The number of rotatable bonds is 4. The standard InChI is InChI=1S/C24H22Cl2O3/c1-3-14-4-5-15(19-9-8-18(25)12-21(19)26)11-20(14)22-23(28)16-6-7-17(10-16)24(22)29-13(2)27/h4-5,8-9,11-12,16-17H,3,6-7,10H2,1-2H3/t16-,17+/m0/s1. The molecule has 3 nitrogen and oxygen atoms in total. The van der Waals surface area contributed by atoms with Crippen LogP contribution in [0.5, 0.6) is 0 Å². The molecule has 2 bridgehead atoms. The van der Waals surface area contributed by atoms with E-state index in [4.69, 9.17) is 27.9 Å². The third-order valence-electron chi connectivity index (χ3n) is 5.92. The largest absolute Gasteiger partial charge is 0.430 e. The zero-order valence-corrected chi connectivity index (χ0v) is 17.9. The zero-order valence-electron chi connectivity index (χ0n) is 16.4. The topological polar surface area (TPSA) is 43.4 Å². The van der Waals surface area contributed by atoms with Gasteiger partial charge < -0.3 is 4.74 Å². The van der Waals surface area contributed by atoms with Gasteiger partial charge in [0.25, 0.3) is 0 Å². The molecule has 0 heterocycles. The van der Waals surface area contributed by atoms with Crippen LogP contribution < -0.4 is 0 Å². The molecule has 0 spiro atoms. The van der Waals surface area contributed by atoms with Gasteiger partial charge in [0.15, 0.2) is 5.78 Å². The van der Waals surface area contributed by atoms with E-state index >= 15 is 0 Å². The Morgan fingerprint density at radius 3 is 2.52 bits per heavy atom. The molecule has 0 aromatic heterocycles. The number of esters is 1. The van der Waals surface area contributed by atoms with Gasteiger partial charge in [-0.2, -0.15) is 0 Å². The van der Waals surface area contributed by atoms with Gasteiger partial charge in [0.05, 0.1) is 5.57 Å². The summed E-state index contributed by atoms with van der Waals surface area (Å²) in [5.41, 5.74) is 4.21. The molecule has 1 fully saturated rings. The van der Waals surface area contributed by atoms with E-state index < -0.39 is 0 Å².